The molecule has 0 bridgehead atoms. The Labute approximate surface area is 263 Å². The Hall–Kier alpha value is -3.16. The van der Waals surface area contributed by atoms with E-state index in [1.165, 1.54) is 21.0 Å². The lowest BCUT2D eigenvalue weighted by Gasteiger charge is -2.36. The smallest absolute Gasteiger partial charge is 0.407 e. The van der Waals surface area contributed by atoms with E-state index in [4.69, 9.17) is 18.9 Å². The third kappa shape index (κ3) is 9.93. The maximum Gasteiger partial charge on any atom is 0.407 e. The van der Waals surface area contributed by atoms with Gasteiger partial charge < -0.3 is 39.8 Å². The van der Waals surface area contributed by atoms with Gasteiger partial charge in [0.25, 0.3) is 5.79 Å². The predicted octanol–water partition coefficient (Wildman–Crippen LogP) is 3.55. The number of hydrogen-bond donors (Lipinski definition) is 4. The molecule has 11 nitrogen and oxygen atoms in total. The number of rotatable bonds is 18. The minimum absolute atomic E-state index is 0.114. The van der Waals surface area contributed by atoms with Crippen LogP contribution in [-0.4, -0.2) is 90.8 Å². The predicted molar refractivity (Wildman–Crippen MR) is 167 cm³/mol. The first-order chi connectivity index (χ1) is 21.1. The van der Waals surface area contributed by atoms with Gasteiger partial charge in [0, 0.05) is 32.2 Å². The van der Waals surface area contributed by atoms with Crippen molar-refractivity contribution < 1.29 is 43.5 Å². The van der Waals surface area contributed by atoms with Gasteiger partial charge >= 0.3 is 12.1 Å². The lowest BCUT2D eigenvalue weighted by molar-refractivity contribution is -0.276. The number of amides is 2. The first kappa shape index (κ1) is 35.3. The van der Waals surface area contributed by atoms with E-state index in [2.05, 4.69) is 10.6 Å². The van der Waals surface area contributed by atoms with Crippen molar-refractivity contribution in [3.63, 3.8) is 0 Å². The van der Waals surface area contributed by atoms with Gasteiger partial charge in [-0.05, 0) is 47.1 Å². The number of hydrogen-bond acceptors (Lipinski definition) is 10. The van der Waals surface area contributed by atoms with E-state index >= 15 is 0 Å². The van der Waals surface area contributed by atoms with E-state index in [0.29, 0.717) is 6.42 Å². The zero-order valence-electron chi connectivity index (χ0n) is 25.7. The summed E-state index contributed by atoms with van der Waals surface area (Å²) in [6, 6.07) is 16.0. The number of carbonyl (C=O) groups excluding carboxylic acids is 3. The fourth-order valence-corrected chi connectivity index (χ4v) is 5.80. The molecule has 4 unspecified atom stereocenters. The van der Waals surface area contributed by atoms with Crippen LogP contribution in [0.5, 0.6) is 0 Å². The second-order valence-corrected chi connectivity index (χ2v) is 12.0. The second kappa shape index (κ2) is 17.4. The Bertz CT molecular complexity index is 1200. The van der Waals surface area contributed by atoms with Gasteiger partial charge in [0.15, 0.2) is 0 Å². The Morgan fingerprint density at radius 1 is 1.05 bits per heavy atom. The number of fused-ring (bicyclic) bond motifs is 3. The van der Waals surface area contributed by atoms with Crippen molar-refractivity contribution in [1.29, 1.82) is 0 Å². The van der Waals surface area contributed by atoms with Gasteiger partial charge in [-0.2, -0.15) is 11.8 Å². The molecule has 0 aliphatic heterocycles. The molecule has 0 fully saturated rings. The molecule has 0 aromatic heterocycles. The lowest BCUT2D eigenvalue weighted by atomic mass is 9.98. The molecule has 4 N–H and O–H groups in total. The first-order valence-corrected chi connectivity index (χ1v) is 16.0. The molecule has 0 spiro atoms. The number of esters is 1. The number of benzene rings is 2. The average molecular weight is 633 g/mol. The highest BCUT2D eigenvalue weighted by Gasteiger charge is 2.46. The zero-order chi connectivity index (χ0) is 32.1. The molecule has 2 amide bonds. The first-order valence-electron chi connectivity index (χ1n) is 14.8. The van der Waals surface area contributed by atoms with E-state index in [1.54, 1.807) is 11.8 Å². The van der Waals surface area contributed by atoms with Gasteiger partial charge in [-0.25, -0.2) is 9.59 Å². The van der Waals surface area contributed by atoms with Gasteiger partial charge in [-0.1, -0.05) is 55.5 Å². The Kier molecular flexibility index (Phi) is 13.9. The zero-order valence-corrected chi connectivity index (χ0v) is 26.6. The summed E-state index contributed by atoms with van der Waals surface area (Å²) >= 11 is 1.71. The van der Waals surface area contributed by atoms with Crippen molar-refractivity contribution in [2.24, 2.45) is 0 Å². The van der Waals surface area contributed by atoms with E-state index in [1.807, 2.05) is 55.5 Å². The minimum Gasteiger partial charge on any atom is -0.465 e. The van der Waals surface area contributed by atoms with Gasteiger partial charge in [-0.15, -0.1) is 0 Å². The quantitative estimate of drug-likeness (QED) is 0.109. The molecule has 2 aromatic carbocycles. The molecule has 2 aromatic rings. The van der Waals surface area contributed by atoms with Gasteiger partial charge in [0.2, 0.25) is 5.91 Å². The van der Waals surface area contributed by atoms with Crippen LogP contribution in [0.25, 0.3) is 11.1 Å². The average Bonchev–Trinajstić information content (AvgIpc) is 3.31. The van der Waals surface area contributed by atoms with Crippen LogP contribution in [0.15, 0.2) is 48.5 Å². The number of alkyl carbamates (subject to hydrolysis) is 1. The molecular formula is C32H44N2O9S. The van der Waals surface area contributed by atoms with E-state index in [9.17, 15) is 24.6 Å². The van der Waals surface area contributed by atoms with Crippen LogP contribution < -0.4 is 10.6 Å². The molecule has 0 saturated carbocycles. The van der Waals surface area contributed by atoms with Crippen molar-refractivity contribution in [1.82, 2.24) is 10.6 Å². The van der Waals surface area contributed by atoms with Crippen molar-refractivity contribution >= 4 is 29.7 Å². The molecular weight excluding hydrogens is 588 g/mol. The maximum absolute atomic E-state index is 12.9. The molecule has 1 aliphatic carbocycles. The molecule has 44 heavy (non-hydrogen) atoms. The van der Waals surface area contributed by atoms with Crippen molar-refractivity contribution in [2.45, 2.75) is 70.2 Å². The van der Waals surface area contributed by atoms with Crippen LogP contribution in [0.1, 0.15) is 57.1 Å². The van der Waals surface area contributed by atoms with Gasteiger partial charge in [-0.3, -0.25) is 4.79 Å². The number of carbonyl (C=O) groups is 3. The van der Waals surface area contributed by atoms with Gasteiger partial charge in [0.05, 0.1) is 25.9 Å². The number of nitrogens with one attached hydrogen (secondary N) is 2. The molecule has 0 heterocycles. The number of methoxy groups -OCH3 is 1. The number of thioether (sulfide) groups is 1. The summed E-state index contributed by atoms with van der Waals surface area (Å²) in [7, 11) is 1.17. The molecule has 4 atom stereocenters. The number of aliphatic hydroxyl groups excluding tert-OH is 2. The third-order valence-corrected chi connectivity index (χ3v) is 8.03. The highest BCUT2D eigenvalue weighted by molar-refractivity contribution is 7.99. The molecule has 0 radical (unpaired) electrons. The third-order valence-electron chi connectivity index (χ3n) is 7.04. The summed E-state index contributed by atoms with van der Waals surface area (Å²) < 4.78 is 22.3. The second-order valence-electron chi connectivity index (χ2n) is 10.6. The summed E-state index contributed by atoms with van der Waals surface area (Å²) in [5, 5.41) is 26.0. The highest BCUT2D eigenvalue weighted by atomic mass is 32.2. The monoisotopic (exact) mass is 632 g/mol. The lowest BCUT2D eigenvalue weighted by Crippen LogP contribution is -2.54. The van der Waals surface area contributed by atoms with Crippen molar-refractivity contribution in [3.8, 4) is 11.1 Å². The van der Waals surface area contributed by atoms with Crippen molar-refractivity contribution in [2.75, 3.05) is 38.4 Å². The topological polar surface area (TPSA) is 153 Å². The molecule has 242 valence electrons. The van der Waals surface area contributed by atoms with Crippen LogP contribution in [0, 0.1) is 0 Å². The van der Waals surface area contributed by atoms with Crippen LogP contribution in [0.2, 0.25) is 0 Å². The molecule has 0 saturated heterocycles. The normalized spacial score (nSPS) is 15.7. The fourth-order valence-electron chi connectivity index (χ4n) is 5.19. The highest BCUT2D eigenvalue weighted by Crippen LogP contribution is 2.44. The summed E-state index contributed by atoms with van der Waals surface area (Å²) in [4.78, 5) is 37.5. The van der Waals surface area contributed by atoms with Crippen LogP contribution in [0.4, 0.5) is 4.79 Å². The minimum atomic E-state index is -2.03. The summed E-state index contributed by atoms with van der Waals surface area (Å²) in [5.41, 5.74) is 4.38. The molecule has 3 rings (SSSR count). The summed E-state index contributed by atoms with van der Waals surface area (Å²) in [6.07, 6.45) is -4.02. The molecule has 12 heteroatoms. The summed E-state index contributed by atoms with van der Waals surface area (Å²) in [5.74, 6) is -1.80. The van der Waals surface area contributed by atoms with Crippen LogP contribution in [0.3, 0.4) is 0 Å². The van der Waals surface area contributed by atoms with E-state index in [-0.39, 0.29) is 38.5 Å². The van der Waals surface area contributed by atoms with Crippen LogP contribution >= 0.6 is 11.8 Å². The SMILES string of the molecule is CCSCCCOC(CC(C)O)(OC(CC(O)CNC(=O)OCC1c2ccccc2-c2ccccc21)NC(C)=O)C(=O)OC. The Morgan fingerprint density at radius 2 is 1.68 bits per heavy atom. The molecule has 1 aliphatic rings. The van der Waals surface area contributed by atoms with E-state index < -0.39 is 42.2 Å². The standard InChI is InChI=1S/C32H44N2O9S/c1-5-44-16-10-15-42-32(18-21(2)35,30(38)40-4)43-29(34-22(3)36)17-23(37)19-33-31(39)41-20-28-26-13-8-6-11-24(26)25-12-7-9-14-27(25)28/h6-9,11-14,21,23,28-29,35,37H,5,10,15-20H2,1-4H3,(H,33,39)(H,34,36). The van der Waals surface area contributed by atoms with Gasteiger partial charge in [0.1, 0.15) is 12.8 Å². The largest absolute Gasteiger partial charge is 0.465 e. The van der Waals surface area contributed by atoms with Crippen molar-refractivity contribution in [3.05, 3.63) is 59.7 Å². The van der Waals surface area contributed by atoms with Crippen LogP contribution in [-0.2, 0) is 28.5 Å². The van der Waals surface area contributed by atoms with E-state index in [0.717, 1.165) is 33.8 Å². The fraction of sp³-hybridized carbons (Fsp3) is 0.531. The number of aliphatic hydroxyl groups is 2. The summed E-state index contributed by atoms with van der Waals surface area (Å²) in [6.45, 7) is 4.79. The Morgan fingerprint density at radius 3 is 2.25 bits per heavy atom. The number of ether oxygens (including phenoxy) is 4. The Balaban J connectivity index is 1.61. The maximum atomic E-state index is 12.9.